The van der Waals surface area contributed by atoms with Crippen molar-refractivity contribution < 1.29 is 14.5 Å². The Bertz CT molecular complexity index is 1470. The Balaban J connectivity index is 1.37. The Hall–Kier alpha value is -3.58. The molecule has 0 amide bonds. The molecule has 2 N–H and O–H groups in total. The van der Waals surface area contributed by atoms with E-state index in [0.29, 0.717) is 6.54 Å². The Morgan fingerprint density at radius 1 is 1.09 bits per heavy atom. The fraction of sp³-hybridized carbons (Fsp3) is 0.200. The smallest absolute Gasteiger partial charge is 0.307 e. The molecule has 0 saturated heterocycles. The van der Waals surface area contributed by atoms with Crippen LogP contribution in [0.5, 0.6) is 0 Å². The van der Waals surface area contributed by atoms with Crippen LogP contribution in [0.1, 0.15) is 30.5 Å². The van der Waals surface area contributed by atoms with Gasteiger partial charge in [0.1, 0.15) is 21.9 Å². The van der Waals surface area contributed by atoms with Gasteiger partial charge in [0.25, 0.3) is 0 Å². The van der Waals surface area contributed by atoms with E-state index in [2.05, 4.69) is 53.5 Å². The van der Waals surface area contributed by atoms with Crippen LogP contribution in [0.2, 0.25) is 0 Å². The summed E-state index contributed by atoms with van der Waals surface area (Å²) < 4.78 is 1.94. The summed E-state index contributed by atoms with van der Waals surface area (Å²) in [4.78, 5) is 25.0. The molecule has 2 aromatic carbocycles. The maximum Gasteiger partial charge on any atom is 0.307 e. The van der Waals surface area contributed by atoms with E-state index in [4.69, 9.17) is 15.1 Å². The Labute approximate surface area is 188 Å². The molecule has 1 aliphatic carbocycles. The molecular weight excluding hydrogens is 420 g/mol. The minimum Gasteiger partial charge on any atom is -0.481 e. The molecule has 0 bridgehead atoms. The van der Waals surface area contributed by atoms with Gasteiger partial charge in [0.15, 0.2) is 11.0 Å². The lowest BCUT2D eigenvalue weighted by Gasteiger charge is -2.14. The topological polar surface area (TPSA) is 82.8 Å². The van der Waals surface area contributed by atoms with Crippen LogP contribution < -0.4 is 4.57 Å². The van der Waals surface area contributed by atoms with E-state index in [1.165, 1.54) is 5.56 Å². The molecule has 0 spiro atoms. The summed E-state index contributed by atoms with van der Waals surface area (Å²) in [5, 5.41) is 9.93. The number of carboxylic acids is 1. The summed E-state index contributed by atoms with van der Waals surface area (Å²) in [6.07, 6.45) is 4.16. The second-order valence-electron chi connectivity index (χ2n) is 8.33. The van der Waals surface area contributed by atoms with Gasteiger partial charge in [0.05, 0.1) is 12.1 Å². The Kier molecular flexibility index (Phi) is 4.33. The van der Waals surface area contributed by atoms with Gasteiger partial charge < -0.3 is 5.11 Å². The second kappa shape index (κ2) is 7.24. The third-order valence-electron chi connectivity index (χ3n) is 6.32. The highest BCUT2D eigenvalue weighted by atomic mass is 32.1. The number of aryl methyl sites for hydroxylation is 1. The fourth-order valence-corrected chi connectivity index (χ4v) is 5.36. The fourth-order valence-electron chi connectivity index (χ4n) is 4.42. The number of aromatic nitrogens is 4. The first-order valence-corrected chi connectivity index (χ1v) is 11.5. The van der Waals surface area contributed by atoms with Crippen LogP contribution in [0.3, 0.4) is 0 Å². The molecule has 0 atom stereocenters. The number of H-pyrrole nitrogens is 1. The van der Waals surface area contributed by atoms with Gasteiger partial charge in [-0.25, -0.2) is 19.5 Å². The number of thiazole rings is 1. The molecule has 32 heavy (non-hydrogen) atoms. The van der Waals surface area contributed by atoms with Crippen molar-refractivity contribution in [2.24, 2.45) is 0 Å². The molecule has 0 unspecified atom stereocenters. The number of hydrogen-bond acceptors (Lipinski definition) is 4. The van der Waals surface area contributed by atoms with E-state index in [9.17, 15) is 4.79 Å². The number of carbonyl (C=O) groups is 1. The maximum atomic E-state index is 11.0. The number of nitrogens with one attached hydrogen (secondary N) is 1. The number of benzene rings is 2. The zero-order valence-electron chi connectivity index (χ0n) is 17.3. The highest BCUT2D eigenvalue weighted by Crippen LogP contribution is 2.53. The van der Waals surface area contributed by atoms with E-state index in [1.54, 1.807) is 11.3 Å². The van der Waals surface area contributed by atoms with Crippen molar-refractivity contribution >= 4 is 38.7 Å². The zero-order valence-corrected chi connectivity index (χ0v) is 18.1. The number of fused-ring (bicyclic) bond motifs is 2. The first kappa shape index (κ1) is 19.1. The molecule has 3 heterocycles. The second-order valence-corrected chi connectivity index (χ2v) is 9.31. The number of aromatic amines is 1. The van der Waals surface area contributed by atoms with Crippen molar-refractivity contribution in [3.8, 4) is 10.6 Å². The van der Waals surface area contributed by atoms with Crippen molar-refractivity contribution in [2.45, 2.75) is 31.2 Å². The minimum atomic E-state index is -0.806. The van der Waals surface area contributed by atoms with Gasteiger partial charge in [0, 0.05) is 11.0 Å². The van der Waals surface area contributed by atoms with Crippen LogP contribution in [-0.2, 0) is 16.8 Å². The SMILES string of the molecule is O=C(O)CC[n+]1c[nH]c2ccc(-c3nc4ccc(C5(c6ccccc6)CC5)nc4s3)cc21. The van der Waals surface area contributed by atoms with Gasteiger partial charge in [-0.2, -0.15) is 0 Å². The molecule has 6 rings (SSSR count). The normalized spacial score (nSPS) is 14.8. The number of rotatable bonds is 6. The van der Waals surface area contributed by atoms with Crippen LogP contribution >= 0.6 is 11.3 Å². The molecule has 3 aromatic heterocycles. The first-order chi connectivity index (χ1) is 15.6. The predicted octanol–water partition coefficient (Wildman–Crippen LogP) is 4.68. The molecule has 0 aliphatic heterocycles. The molecule has 6 nitrogen and oxygen atoms in total. The van der Waals surface area contributed by atoms with Crippen molar-refractivity contribution in [1.29, 1.82) is 0 Å². The Morgan fingerprint density at radius 3 is 2.72 bits per heavy atom. The van der Waals surface area contributed by atoms with Crippen LogP contribution in [0.25, 0.3) is 32.0 Å². The van der Waals surface area contributed by atoms with Crippen LogP contribution in [0.15, 0.2) is 67.0 Å². The van der Waals surface area contributed by atoms with E-state index < -0.39 is 5.97 Å². The van der Waals surface area contributed by atoms with Gasteiger partial charge >= 0.3 is 5.97 Å². The summed E-state index contributed by atoms with van der Waals surface area (Å²) in [7, 11) is 0. The third-order valence-corrected chi connectivity index (χ3v) is 7.33. The summed E-state index contributed by atoms with van der Waals surface area (Å²) in [6.45, 7) is 0.422. The van der Waals surface area contributed by atoms with E-state index >= 15 is 0 Å². The van der Waals surface area contributed by atoms with Gasteiger partial charge in [-0.05, 0) is 48.7 Å². The predicted molar refractivity (Wildman–Crippen MR) is 124 cm³/mol. The number of pyridine rings is 1. The van der Waals surface area contributed by atoms with Gasteiger partial charge in [-0.3, -0.25) is 4.79 Å². The lowest BCUT2D eigenvalue weighted by Crippen LogP contribution is -2.33. The summed E-state index contributed by atoms with van der Waals surface area (Å²) >= 11 is 1.60. The lowest BCUT2D eigenvalue weighted by molar-refractivity contribution is -0.670. The Morgan fingerprint density at radius 2 is 1.94 bits per heavy atom. The van der Waals surface area contributed by atoms with Gasteiger partial charge in [-0.15, -0.1) is 0 Å². The van der Waals surface area contributed by atoms with Crippen molar-refractivity contribution in [3.05, 3.63) is 78.2 Å². The first-order valence-electron chi connectivity index (χ1n) is 10.7. The van der Waals surface area contributed by atoms with Crippen LogP contribution in [-0.4, -0.2) is 26.0 Å². The average molecular weight is 442 g/mol. The monoisotopic (exact) mass is 441 g/mol. The maximum absolute atomic E-state index is 11.0. The van der Waals surface area contributed by atoms with Crippen LogP contribution in [0.4, 0.5) is 0 Å². The molecule has 158 valence electrons. The zero-order chi connectivity index (χ0) is 21.7. The van der Waals surface area contributed by atoms with E-state index in [1.807, 2.05) is 23.0 Å². The summed E-state index contributed by atoms with van der Waals surface area (Å²) in [6, 6.07) is 21.0. The molecule has 1 fully saturated rings. The van der Waals surface area contributed by atoms with Crippen molar-refractivity contribution in [3.63, 3.8) is 0 Å². The molecule has 7 heteroatoms. The van der Waals surface area contributed by atoms with Crippen molar-refractivity contribution in [2.75, 3.05) is 0 Å². The number of nitrogens with zero attached hydrogens (tertiary/aromatic N) is 3. The largest absolute Gasteiger partial charge is 0.481 e. The number of aliphatic carboxylic acids is 1. The number of hydrogen-bond donors (Lipinski definition) is 2. The van der Waals surface area contributed by atoms with E-state index in [-0.39, 0.29) is 11.8 Å². The summed E-state index contributed by atoms with van der Waals surface area (Å²) in [5.74, 6) is -0.806. The minimum absolute atomic E-state index is 0.0410. The van der Waals surface area contributed by atoms with Crippen LogP contribution in [0, 0.1) is 0 Å². The number of carboxylic acid groups (broad SMARTS) is 1. The quantitative estimate of drug-likeness (QED) is 0.375. The molecule has 1 saturated carbocycles. The van der Waals surface area contributed by atoms with Crippen molar-refractivity contribution in [1.82, 2.24) is 15.0 Å². The molecule has 1 aliphatic rings. The summed E-state index contributed by atoms with van der Waals surface area (Å²) in [5.41, 5.74) is 6.36. The highest BCUT2D eigenvalue weighted by molar-refractivity contribution is 7.21. The van der Waals surface area contributed by atoms with Gasteiger partial charge in [0.2, 0.25) is 6.33 Å². The van der Waals surface area contributed by atoms with E-state index in [0.717, 1.165) is 50.5 Å². The standard InChI is InChI=1S/C25H20N4O2S/c30-22(31)10-13-29-15-26-18-7-6-16(14-20(18)29)23-27-19-8-9-21(28-24(19)32-23)25(11-12-25)17-4-2-1-3-5-17/h1-9,14-15H,10-13H2,(H,30,31)/p+1. The lowest BCUT2D eigenvalue weighted by atomic mass is 9.92. The number of imidazole rings is 1. The van der Waals surface area contributed by atoms with Gasteiger partial charge in [-0.1, -0.05) is 41.7 Å². The average Bonchev–Trinajstić information content (AvgIpc) is 3.36. The molecule has 5 aromatic rings. The third kappa shape index (κ3) is 3.17. The molecular formula is C25H21N4O2S+. The molecule has 0 radical (unpaired) electrons. The highest BCUT2D eigenvalue weighted by Gasteiger charge is 2.47.